The lowest BCUT2D eigenvalue weighted by molar-refractivity contribution is 0.100. The fourth-order valence-corrected chi connectivity index (χ4v) is 3.35. The van der Waals surface area contributed by atoms with Gasteiger partial charge in [-0.15, -0.1) is 0 Å². The fraction of sp³-hybridized carbons (Fsp3) is 0.500. The molecule has 4 rings (SSSR count). The lowest BCUT2D eigenvalue weighted by atomic mass is 9.97. The molecule has 2 N–H and O–H groups in total. The maximum Gasteiger partial charge on any atom is 0.248 e. The van der Waals surface area contributed by atoms with Crippen molar-refractivity contribution in [2.45, 2.75) is 44.1 Å². The number of piperidine rings is 1. The van der Waals surface area contributed by atoms with E-state index >= 15 is 0 Å². The number of nitrogens with zero attached hydrogens (tertiary/aromatic N) is 3. The van der Waals surface area contributed by atoms with Crippen molar-refractivity contribution < 1.29 is 9.32 Å². The smallest absolute Gasteiger partial charge is 0.248 e. The molecule has 0 spiro atoms. The molecule has 0 radical (unpaired) electrons. The van der Waals surface area contributed by atoms with Gasteiger partial charge in [0.1, 0.15) is 0 Å². The molecule has 1 aliphatic carbocycles. The maximum atomic E-state index is 11.1. The van der Waals surface area contributed by atoms with Crippen LogP contribution in [0.5, 0.6) is 0 Å². The summed E-state index contributed by atoms with van der Waals surface area (Å²) in [5.74, 6) is 2.16. The average Bonchev–Trinajstić information content (AvgIpc) is 3.33. The maximum absolute atomic E-state index is 11.1. The highest BCUT2D eigenvalue weighted by molar-refractivity contribution is 5.92. The van der Waals surface area contributed by atoms with Gasteiger partial charge in [0, 0.05) is 30.5 Å². The van der Waals surface area contributed by atoms with Crippen molar-refractivity contribution in [3.8, 4) is 0 Å². The van der Waals surface area contributed by atoms with E-state index in [1.165, 1.54) is 18.4 Å². The molecular formula is C18H22N4O2. The van der Waals surface area contributed by atoms with Crippen LogP contribution >= 0.6 is 0 Å². The predicted molar refractivity (Wildman–Crippen MR) is 88.5 cm³/mol. The first-order valence-electron chi connectivity index (χ1n) is 8.63. The Hall–Kier alpha value is -2.21. The molecule has 2 aromatic rings. The molecule has 0 bridgehead atoms. The van der Waals surface area contributed by atoms with Gasteiger partial charge >= 0.3 is 0 Å². The first-order chi connectivity index (χ1) is 11.7. The number of benzene rings is 1. The highest BCUT2D eigenvalue weighted by Crippen LogP contribution is 2.39. The molecule has 2 fully saturated rings. The van der Waals surface area contributed by atoms with Crippen molar-refractivity contribution in [1.82, 2.24) is 15.0 Å². The van der Waals surface area contributed by atoms with Crippen LogP contribution in [0.25, 0.3) is 0 Å². The van der Waals surface area contributed by atoms with E-state index < -0.39 is 0 Å². The zero-order valence-electron chi connectivity index (χ0n) is 13.6. The van der Waals surface area contributed by atoms with E-state index in [1.807, 2.05) is 12.1 Å². The van der Waals surface area contributed by atoms with Crippen LogP contribution in [0.15, 0.2) is 28.8 Å². The number of amides is 1. The van der Waals surface area contributed by atoms with Crippen molar-refractivity contribution >= 4 is 5.91 Å². The van der Waals surface area contributed by atoms with Crippen LogP contribution in [0, 0.1) is 0 Å². The van der Waals surface area contributed by atoms with Crippen LogP contribution in [-0.2, 0) is 6.54 Å². The number of hydrogen-bond donors (Lipinski definition) is 1. The van der Waals surface area contributed by atoms with Gasteiger partial charge in [0.15, 0.2) is 5.82 Å². The summed E-state index contributed by atoms with van der Waals surface area (Å²) in [5, 5.41) is 4.21. The Morgan fingerprint density at radius 3 is 2.71 bits per heavy atom. The van der Waals surface area contributed by atoms with Gasteiger partial charge in [-0.2, -0.15) is 4.98 Å². The molecule has 24 heavy (non-hydrogen) atoms. The van der Waals surface area contributed by atoms with E-state index in [-0.39, 0.29) is 5.91 Å². The van der Waals surface area contributed by atoms with Crippen molar-refractivity contribution in [2.24, 2.45) is 5.73 Å². The van der Waals surface area contributed by atoms with Gasteiger partial charge in [-0.05, 0) is 49.9 Å². The van der Waals surface area contributed by atoms with Crippen molar-refractivity contribution in [3.63, 3.8) is 0 Å². The minimum atomic E-state index is -0.386. The summed E-state index contributed by atoms with van der Waals surface area (Å²) >= 11 is 0. The second kappa shape index (κ2) is 6.36. The van der Waals surface area contributed by atoms with Gasteiger partial charge in [-0.1, -0.05) is 17.3 Å². The molecule has 1 atom stereocenters. The molecule has 1 aromatic carbocycles. The summed E-state index contributed by atoms with van der Waals surface area (Å²) in [6.07, 6.45) is 4.61. The Labute approximate surface area is 141 Å². The molecule has 0 unspecified atom stereocenters. The number of rotatable bonds is 5. The lowest BCUT2D eigenvalue weighted by Gasteiger charge is -2.31. The number of primary amides is 1. The van der Waals surface area contributed by atoms with Gasteiger partial charge in [0.2, 0.25) is 11.8 Å². The number of carbonyl (C=O) groups is 1. The van der Waals surface area contributed by atoms with Gasteiger partial charge < -0.3 is 10.3 Å². The standard InChI is InChI=1S/C18H22N4O2/c19-16(23)13-5-3-12(4-6-13)10-22-9-1-2-15(11-22)17-20-18(24-21-17)14-7-8-14/h3-6,14-15H,1-2,7-11H2,(H2,19,23)/t15-/m0/s1. The van der Waals surface area contributed by atoms with E-state index in [4.69, 9.17) is 10.3 Å². The first kappa shape index (κ1) is 15.3. The van der Waals surface area contributed by atoms with Gasteiger partial charge in [-0.25, -0.2) is 0 Å². The third kappa shape index (κ3) is 3.33. The number of aromatic nitrogens is 2. The number of likely N-dealkylation sites (tertiary alicyclic amines) is 1. The van der Waals surface area contributed by atoms with Crippen LogP contribution in [0.2, 0.25) is 0 Å². The topological polar surface area (TPSA) is 85.3 Å². The van der Waals surface area contributed by atoms with E-state index in [2.05, 4.69) is 15.0 Å². The van der Waals surface area contributed by atoms with Crippen LogP contribution < -0.4 is 5.73 Å². The molecule has 6 heteroatoms. The van der Waals surface area contributed by atoms with Crippen LogP contribution in [0.3, 0.4) is 0 Å². The minimum Gasteiger partial charge on any atom is -0.366 e. The van der Waals surface area contributed by atoms with E-state index in [9.17, 15) is 4.79 Å². The second-order valence-corrected chi connectivity index (χ2v) is 6.90. The van der Waals surface area contributed by atoms with E-state index in [0.29, 0.717) is 17.4 Å². The molecule has 6 nitrogen and oxygen atoms in total. The molecular weight excluding hydrogens is 304 g/mol. The molecule has 1 saturated heterocycles. The van der Waals surface area contributed by atoms with E-state index in [1.54, 1.807) is 12.1 Å². The molecule has 1 aromatic heterocycles. The second-order valence-electron chi connectivity index (χ2n) is 6.90. The van der Waals surface area contributed by atoms with Gasteiger partial charge in [-0.3, -0.25) is 9.69 Å². The SMILES string of the molecule is NC(=O)c1ccc(CN2CCC[C@H](c3noc(C4CC4)n3)C2)cc1. The summed E-state index contributed by atoms with van der Waals surface area (Å²) in [5.41, 5.74) is 7.02. The average molecular weight is 326 g/mol. The van der Waals surface area contributed by atoms with Crippen molar-refractivity contribution in [2.75, 3.05) is 13.1 Å². The Morgan fingerprint density at radius 2 is 2.00 bits per heavy atom. The molecule has 2 aliphatic rings. The van der Waals surface area contributed by atoms with Crippen LogP contribution in [0.4, 0.5) is 0 Å². The zero-order valence-corrected chi connectivity index (χ0v) is 13.6. The van der Waals surface area contributed by atoms with Crippen LogP contribution in [0.1, 0.15) is 65.2 Å². The van der Waals surface area contributed by atoms with Crippen molar-refractivity contribution in [3.05, 3.63) is 47.1 Å². The Morgan fingerprint density at radius 1 is 1.21 bits per heavy atom. The zero-order chi connectivity index (χ0) is 16.5. The number of hydrogen-bond acceptors (Lipinski definition) is 5. The first-order valence-corrected chi connectivity index (χ1v) is 8.63. The Bertz CT molecular complexity index is 721. The highest BCUT2D eigenvalue weighted by atomic mass is 16.5. The number of carbonyl (C=O) groups excluding carboxylic acids is 1. The predicted octanol–water partition coefficient (Wildman–Crippen LogP) is 2.43. The van der Waals surface area contributed by atoms with E-state index in [0.717, 1.165) is 44.2 Å². The lowest BCUT2D eigenvalue weighted by Crippen LogP contribution is -2.34. The molecule has 1 saturated carbocycles. The van der Waals surface area contributed by atoms with Crippen LogP contribution in [-0.4, -0.2) is 34.0 Å². The molecule has 126 valence electrons. The quantitative estimate of drug-likeness (QED) is 0.912. The molecule has 2 heterocycles. The van der Waals surface area contributed by atoms with Crippen molar-refractivity contribution in [1.29, 1.82) is 0 Å². The monoisotopic (exact) mass is 326 g/mol. The third-order valence-electron chi connectivity index (χ3n) is 4.90. The summed E-state index contributed by atoms with van der Waals surface area (Å²) in [7, 11) is 0. The van der Waals surface area contributed by atoms with Gasteiger partial charge in [0.25, 0.3) is 0 Å². The summed E-state index contributed by atoms with van der Waals surface area (Å²) < 4.78 is 5.41. The minimum absolute atomic E-state index is 0.347. The summed E-state index contributed by atoms with van der Waals surface area (Å²) in [6, 6.07) is 7.53. The Kier molecular flexibility index (Phi) is 4.06. The largest absolute Gasteiger partial charge is 0.366 e. The third-order valence-corrected chi connectivity index (χ3v) is 4.90. The summed E-state index contributed by atoms with van der Waals surface area (Å²) in [6.45, 7) is 2.88. The normalized spacial score (nSPS) is 21.8. The molecule has 1 amide bonds. The summed E-state index contributed by atoms with van der Waals surface area (Å²) in [4.78, 5) is 18.2. The fourth-order valence-electron chi connectivity index (χ4n) is 3.35. The Balaban J connectivity index is 1.39. The highest BCUT2D eigenvalue weighted by Gasteiger charge is 2.32. The molecule has 1 aliphatic heterocycles. The van der Waals surface area contributed by atoms with Gasteiger partial charge in [0.05, 0.1) is 0 Å². The number of nitrogens with two attached hydrogens (primary N) is 1.